The molecule has 2 unspecified atom stereocenters. The summed E-state index contributed by atoms with van der Waals surface area (Å²) in [5.41, 5.74) is 0.382. The van der Waals surface area contributed by atoms with Crippen molar-refractivity contribution in [3.8, 4) is 0 Å². The van der Waals surface area contributed by atoms with Gasteiger partial charge in [0.05, 0.1) is 0 Å². The van der Waals surface area contributed by atoms with E-state index in [2.05, 4.69) is 31.8 Å². The lowest BCUT2D eigenvalue weighted by atomic mass is 9.74. The summed E-state index contributed by atoms with van der Waals surface area (Å²) in [6.07, 6.45) is 12.7. The Morgan fingerprint density at radius 1 is 1.44 bits per heavy atom. The number of hydrogen-bond acceptors (Lipinski definition) is 1. The SMILES string of the molecule is C=CCC1(NCCCCC)CCCC(C)C1. The first-order valence-electron chi connectivity index (χ1n) is 7.08. The highest BCUT2D eigenvalue weighted by Crippen LogP contribution is 2.34. The van der Waals surface area contributed by atoms with Crippen LogP contribution in [-0.4, -0.2) is 12.1 Å². The average Bonchev–Trinajstić information content (AvgIpc) is 2.25. The Kier molecular flexibility index (Phi) is 6.12. The number of unbranched alkanes of at least 4 members (excludes halogenated alkanes) is 2. The second-order valence-corrected chi connectivity index (χ2v) is 5.61. The van der Waals surface area contributed by atoms with Gasteiger partial charge in [0.1, 0.15) is 0 Å². The van der Waals surface area contributed by atoms with E-state index < -0.39 is 0 Å². The third kappa shape index (κ3) is 4.29. The zero-order valence-corrected chi connectivity index (χ0v) is 11.2. The molecule has 1 fully saturated rings. The van der Waals surface area contributed by atoms with Crippen LogP contribution in [0.5, 0.6) is 0 Å². The summed E-state index contributed by atoms with van der Waals surface area (Å²) in [4.78, 5) is 0. The van der Waals surface area contributed by atoms with Gasteiger partial charge in [-0.2, -0.15) is 0 Å². The lowest BCUT2D eigenvalue weighted by Gasteiger charge is -2.40. The third-order valence-electron chi connectivity index (χ3n) is 3.91. The molecule has 1 saturated carbocycles. The van der Waals surface area contributed by atoms with E-state index in [1.807, 2.05) is 0 Å². The highest BCUT2D eigenvalue weighted by molar-refractivity contribution is 4.97. The predicted molar refractivity (Wildman–Crippen MR) is 72.7 cm³/mol. The monoisotopic (exact) mass is 223 g/mol. The zero-order chi connectivity index (χ0) is 11.9. The third-order valence-corrected chi connectivity index (χ3v) is 3.91. The molecule has 1 aliphatic rings. The summed E-state index contributed by atoms with van der Waals surface area (Å²) in [6.45, 7) is 9.78. The molecule has 1 rings (SSSR count). The molecule has 0 radical (unpaired) electrons. The summed E-state index contributed by atoms with van der Waals surface area (Å²) in [5, 5.41) is 3.83. The maximum atomic E-state index is 3.93. The van der Waals surface area contributed by atoms with E-state index in [0.717, 1.165) is 12.3 Å². The van der Waals surface area contributed by atoms with Crippen molar-refractivity contribution >= 4 is 0 Å². The molecule has 0 heterocycles. The molecule has 0 aromatic rings. The molecule has 94 valence electrons. The topological polar surface area (TPSA) is 12.0 Å². The predicted octanol–water partition coefficient (Wildman–Crippen LogP) is 4.29. The normalized spacial score (nSPS) is 30.2. The van der Waals surface area contributed by atoms with Gasteiger partial charge in [-0.3, -0.25) is 0 Å². The summed E-state index contributed by atoms with van der Waals surface area (Å²) < 4.78 is 0. The molecule has 1 aliphatic carbocycles. The van der Waals surface area contributed by atoms with Gasteiger partial charge in [0, 0.05) is 5.54 Å². The van der Waals surface area contributed by atoms with Gasteiger partial charge in [-0.05, 0) is 38.1 Å². The van der Waals surface area contributed by atoms with Crippen molar-refractivity contribution in [3.63, 3.8) is 0 Å². The quantitative estimate of drug-likeness (QED) is 0.501. The van der Waals surface area contributed by atoms with Gasteiger partial charge < -0.3 is 5.32 Å². The van der Waals surface area contributed by atoms with Crippen molar-refractivity contribution in [1.29, 1.82) is 0 Å². The Hall–Kier alpha value is -0.300. The fourth-order valence-corrected chi connectivity index (χ4v) is 3.08. The van der Waals surface area contributed by atoms with Gasteiger partial charge in [0.15, 0.2) is 0 Å². The molecule has 0 amide bonds. The smallest absolute Gasteiger partial charge is 0.0218 e. The Morgan fingerprint density at radius 2 is 2.25 bits per heavy atom. The molecule has 0 spiro atoms. The zero-order valence-electron chi connectivity index (χ0n) is 11.2. The van der Waals surface area contributed by atoms with Gasteiger partial charge in [-0.15, -0.1) is 6.58 Å². The summed E-state index contributed by atoms with van der Waals surface area (Å²) in [5.74, 6) is 0.882. The van der Waals surface area contributed by atoms with E-state index in [9.17, 15) is 0 Å². The first kappa shape index (κ1) is 13.8. The van der Waals surface area contributed by atoms with Crippen LogP contribution in [0.2, 0.25) is 0 Å². The van der Waals surface area contributed by atoms with Crippen LogP contribution in [-0.2, 0) is 0 Å². The maximum absolute atomic E-state index is 3.93. The molecule has 1 heteroatoms. The lowest BCUT2D eigenvalue weighted by molar-refractivity contribution is 0.188. The van der Waals surface area contributed by atoms with Gasteiger partial charge in [-0.1, -0.05) is 45.6 Å². The summed E-state index contributed by atoms with van der Waals surface area (Å²) >= 11 is 0. The van der Waals surface area contributed by atoms with Crippen LogP contribution in [0.25, 0.3) is 0 Å². The van der Waals surface area contributed by atoms with Crippen LogP contribution in [0.1, 0.15) is 65.2 Å². The Bertz CT molecular complexity index is 200. The highest BCUT2D eigenvalue weighted by Gasteiger charge is 2.32. The summed E-state index contributed by atoms with van der Waals surface area (Å²) in [7, 11) is 0. The number of hydrogen-bond donors (Lipinski definition) is 1. The van der Waals surface area contributed by atoms with E-state index in [1.54, 1.807) is 0 Å². The summed E-state index contributed by atoms with van der Waals surface area (Å²) in [6, 6.07) is 0. The lowest BCUT2D eigenvalue weighted by Crippen LogP contribution is -2.48. The van der Waals surface area contributed by atoms with Crippen LogP contribution < -0.4 is 5.32 Å². The van der Waals surface area contributed by atoms with Crippen LogP contribution in [0.4, 0.5) is 0 Å². The highest BCUT2D eigenvalue weighted by atomic mass is 15.0. The first-order valence-corrected chi connectivity index (χ1v) is 7.08. The van der Waals surface area contributed by atoms with E-state index in [-0.39, 0.29) is 0 Å². The molecule has 0 aliphatic heterocycles. The number of nitrogens with one attached hydrogen (secondary N) is 1. The second kappa shape index (κ2) is 7.11. The van der Waals surface area contributed by atoms with Gasteiger partial charge in [-0.25, -0.2) is 0 Å². The Balaban J connectivity index is 2.40. The van der Waals surface area contributed by atoms with E-state index in [4.69, 9.17) is 0 Å². The minimum Gasteiger partial charge on any atom is -0.311 e. The average molecular weight is 223 g/mol. The fraction of sp³-hybridized carbons (Fsp3) is 0.867. The van der Waals surface area contributed by atoms with Crippen molar-refractivity contribution in [2.75, 3.05) is 6.54 Å². The van der Waals surface area contributed by atoms with Crippen molar-refractivity contribution in [2.24, 2.45) is 5.92 Å². The molecule has 0 saturated heterocycles. The molecule has 0 bridgehead atoms. The Labute approximate surface area is 102 Å². The van der Waals surface area contributed by atoms with E-state index >= 15 is 0 Å². The van der Waals surface area contributed by atoms with E-state index in [0.29, 0.717) is 5.54 Å². The number of rotatable bonds is 7. The van der Waals surface area contributed by atoms with Gasteiger partial charge in [0.25, 0.3) is 0 Å². The molecule has 1 nitrogen and oxygen atoms in total. The standard InChI is InChI=1S/C15H29N/c1-4-6-7-12-16-15(10-5-2)11-8-9-14(3)13-15/h5,14,16H,2,4,6-13H2,1,3H3. The van der Waals surface area contributed by atoms with Crippen molar-refractivity contribution < 1.29 is 0 Å². The fourth-order valence-electron chi connectivity index (χ4n) is 3.08. The van der Waals surface area contributed by atoms with Crippen LogP contribution in [0.15, 0.2) is 12.7 Å². The van der Waals surface area contributed by atoms with Crippen LogP contribution >= 0.6 is 0 Å². The maximum Gasteiger partial charge on any atom is 0.0218 e. The van der Waals surface area contributed by atoms with Crippen LogP contribution in [0.3, 0.4) is 0 Å². The van der Waals surface area contributed by atoms with Gasteiger partial charge >= 0.3 is 0 Å². The Morgan fingerprint density at radius 3 is 2.88 bits per heavy atom. The molecular weight excluding hydrogens is 194 g/mol. The van der Waals surface area contributed by atoms with E-state index in [1.165, 1.54) is 51.5 Å². The minimum atomic E-state index is 0.382. The largest absolute Gasteiger partial charge is 0.311 e. The van der Waals surface area contributed by atoms with Gasteiger partial charge in [0.2, 0.25) is 0 Å². The molecule has 1 N–H and O–H groups in total. The van der Waals surface area contributed by atoms with Crippen molar-refractivity contribution in [2.45, 2.75) is 70.8 Å². The molecule has 0 aromatic carbocycles. The second-order valence-electron chi connectivity index (χ2n) is 5.61. The molecule has 0 aromatic heterocycles. The first-order chi connectivity index (χ1) is 7.72. The van der Waals surface area contributed by atoms with Crippen LogP contribution in [0, 0.1) is 5.92 Å². The molecule has 2 atom stereocenters. The molecule has 16 heavy (non-hydrogen) atoms. The van der Waals surface area contributed by atoms with Crippen molar-refractivity contribution in [3.05, 3.63) is 12.7 Å². The van der Waals surface area contributed by atoms with Crippen molar-refractivity contribution in [1.82, 2.24) is 5.32 Å². The minimum absolute atomic E-state index is 0.382. The molecular formula is C15H29N.